The molecular formula is C19H17N3O3S. The Morgan fingerprint density at radius 3 is 2.50 bits per heavy atom. The summed E-state index contributed by atoms with van der Waals surface area (Å²) in [6.07, 6.45) is 4.70. The molecule has 3 rings (SSSR count). The van der Waals surface area contributed by atoms with Crippen LogP contribution in [0, 0.1) is 0 Å². The van der Waals surface area contributed by atoms with Crippen LogP contribution in [0.2, 0.25) is 0 Å². The third-order valence-corrected chi connectivity index (χ3v) is 4.95. The minimum absolute atomic E-state index is 0.151. The van der Waals surface area contributed by atoms with Crippen molar-refractivity contribution in [1.29, 1.82) is 0 Å². The highest BCUT2D eigenvalue weighted by Gasteiger charge is 2.13. The molecule has 0 saturated heterocycles. The van der Waals surface area contributed by atoms with Crippen molar-refractivity contribution < 1.29 is 13.2 Å². The van der Waals surface area contributed by atoms with Crippen LogP contribution in [0.1, 0.15) is 5.56 Å². The van der Waals surface area contributed by atoms with Crippen molar-refractivity contribution in [1.82, 2.24) is 4.98 Å². The maximum absolute atomic E-state index is 12.4. The molecule has 0 spiro atoms. The van der Waals surface area contributed by atoms with Crippen LogP contribution in [0.25, 0.3) is 0 Å². The lowest BCUT2D eigenvalue weighted by Crippen LogP contribution is -2.12. The number of anilines is 1. The zero-order valence-electron chi connectivity index (χ0n) is 14.0. The first-order valence-electron chi connectivity index (χ1n) is 7.78. The predicted octanol–water partition coefficient (Wildman–Crippen LogP) is 3.64. The standard InChI is InChI=1S/C19H17N3O3S/c1-25-19-7-3-2-5-15(19)13-21-16-8-10-18(11-9-16)26(23,24)22-17-6-4-12-20-14-17/h2-14,22H,1H3. The Labute approximate surface area is 152 Å². The lowest BCUT2D eigenvalue weighted by molar-refractivity contribution is 0.414. The van der Waals surface area contributed by atoms with E-state index in [1.165, 1.54) is 18.3 Å². The minimum atomic E-state index is -3.67. The maximum Gasteiger partial charge on any atom is 0.261 e. The number of aromatic nitrogens is 1. The molecule has 1 heterocycles. The summed E-state index contributed by atoms with van der Waals surface area (Å²) < 4.78 is 32.5. The summed E-state index contributed by atoms with van der Waals surface area (Å²) >= 11 is 0. The number of hydrogen-bond donors (Lipinski definition) is 1. The SMILES string of the molecule is COc1ccccc1C=Nc1ccc(S(=O)(=O)Nc2cccnc2)cc1. The molecule has 7 heteroatoms. The van der Waals surface area contributed by atoms with E-state index in [0.717, 1.165) is 11.3 Å². The fourth-order valence-electron chi connectivity index (χ4n) is 2.27. The van der Waals surface area contributed by atoms with Crippen LogP contribution in [0.15, 0.2) is 82.9 Å². The number of methoxy groups -OCH3 is 1. The average molecular weight is 367 g/mol. The van der Waals surface area contributed by atoms with Crippen molar-refractivity contribution in [2.24, 2.45) is 4.99 Å². The summed E-state index contributed by atoms with van der Waals surface area (Å²) in [4.78, 5) is 8.40. The van der Waals surface area contributed by atoms with Crippen molar-refractivity contribution in [3.8, 4) is 5.75 Å². The van der Waals surface area contributed by atoms with Crippen molar-refractivity contribution in [2.45, 2.75) is 4.90 Å². The first-order chi connectivity index (χ1) is 12.6. The lowest BCUT2D eigenvalue weighted by Gasteiger charge is -2.07. The van der Waals surface area contributed by atoms with Crippen LogP contribution < -0.4 is 9.46 Å². The Kier molecular flexibility index (Phi) is 5.28. The Hall–Kier alpha value is -3.19. The normalized spacial score (nSPS) is 11.4. The van der Waals surface area contributed by atoms with Gasteiger partial charge in [-0.1, -0.05) is 12.1 Å². The molecule has 0 aliphatic carbocycles. The molecule has 0 radical (unpaired) electrons. The predicted molar refractivity (Wildman–Crippen MR) is 102 cm³/mol. The van der Waals surface area contributed by atoms with E-state index in [2.05, 4.69) is 14.7 Å². The van der Waals surface area contributed by atoms with Gasteiger partial charge in [-0.05, 0) is 48.5 Å². The van der Waals surface area contributed by atoms with E-state index in [4.69, 9.17) is 4.74 Å². The number of benzene rings is 2. The van der Waals surface area contributed by atoms with Gasteiger partial charge in [0.25, 0.3) is 10.0 Å². The number of aliphatic imine (C=N–C) groups is 1. The van der Waals surface area contributed by atoms with Gasteiger partial charge in [-0.25, -0.2) is 8.42 Å². The Balaban J connectivity index is 1.77. The molecule has 0 amide bonds. The topological polar surface area (TPSA) is 80.6 Å². The molecule has 0 bridgehead atoms. The number of sulfonamides is 1. The number of ether oxygens (including phenoxy) is 1. The average Bonchev–Trinajstić information content (AvgIpc) is 2.67. The molecule has 132 valence electrons. The summed E-state index contributed by atoms with van der Waals surface area (Å²) in [7, 11) is -2.07. The molecule has 26 heavy (non-hydrogen) atoms. The number of nitrogens with zero attached hydrogens (tertiary/aromatic N) is 2. The number of nitrogens with one attached hydrogen (secondary N) is 1. The largest absolute Gasteiger partial charge is 0.496 e. The summed E-state index contributed by atoms with van der Waals surface area (Å²) in [5, 5.41) is 0. The Morgan fingerprint density at radius 1 is 1.04 bits per heavy atom. The molecule has 6 nitrogen and oxygen atoms in total. The minimum Gasteiger partial charge on any atom is -0.496 e. The molecule has 2 aromatic carbocycles. The molecular weight excluding hydrogens is 350 g/mol. The first kappa shape index (κ1) is 17.6. The second-order valence-corrected chi connectivity index (χ2v) is 7.02. The molecule has 0 fully saturated rings. The van der Waals surface area contributed by atoms with Gasteiger partial charge in [0.15, 0.2) is 0 Å². The smallest absolute Gasteiger partial charge is 0.261 e. The molecule has 0 aliphatic rings. The van der Waals surface area contributed by atoms with E-state index in [-0.39, 0.29) is 4.90 Å². The van der Waals surface area contributed by atoms with Crippen LogP contribution in [-0.4, -0.2) is 26.7 Å². The summed E-state index contributed by atoms with van der Waals surface area (Å²) in [5.74, 6) is 0.719. The first-order valence-corrected chi connectivity index (χ1v) is 9.27. The zero-order chi connectivity index (χ0) is 18.4. The lowest BCUT2D eigenvalue weighted by atomic mass is 10.2. The van der Waals surface area contributed by atoms with Gasteiger partial charge in [0.2, 0.25) is 0 Å². The number of hydrogen-bond acceptors (Lipinski definition) is 5. The number of rotatable bonds is 6. The third kappa shape index (κ3) is 4.25. The zero-order valence-corrected chi connectivity index (χ0v) is 14.8. The van der Waals surface area contributed by atoms with Crippen molar-refractivity contribution in [3.63, 3.8) is 0 Å². The maximum atomic E-state index is 12.4. The van der Waals surface area contributed by atoms with Gasteiger partial charge < -0.3 is 4.74 Å². The Morgan fingerprint density at radius 2 is 1.81 bits per heavy atom. The van der Waals surface area contributed by atoms with Crippen LogP contribution in [0.3, 0.4) is 0 Å². The van der Waals surface area contributed by atoms with Crippen molar-refractivity contribution in [2.75, 3.05) is 11.8 Å². The fraction of sp³-hybridized carbons (Fsp3) is 0.0526. The van der Waals surface area contributed by atoms with Crippen LogP contribution >= 0.6 is 0 Å². The van der Waals surface area contributed by atoms with Gasteiger partial charge in [0, 0.05) is 18.0 Å². The van der Waals surface area contributed by atoms with Gasteiger partial charge in [-0.15, -0.1) is 0 Å². The van der Waals surface area contributed by atoms with E-state index < -0.39 is 10.0 Å². The van der Waals surface area contributed by atoms with Crippen LogP contribution in [-0.2, 0) is 10.0 Å². The van der Waals surface area contributed by atoms with Gasteiger partial charge in [0.1, 0.15) is 5.75 Å². The van der Waals surface area contributed by atoms with Gasteiger partial charge in [-0.3, -0.25) is 14.7 Å². The summed E-state index contributed by atoms with van der Waals surface area (Å²) in [6.45, 7) is 0. The molecule has 0 atom stereocenters. The highest BCUT2D eigenvalue weighted by Crippen LogP contribution is 2.20. The molecule has 0 saturated carbocycles. The van der Waals surface area contributed by atoms with E-state index in [0.29, 0.717) is 11.4 Å². The highest BCUT2D eigenvalue weighted by atomic mass is 32.2. The Bertz CT molecular complexity index is 1000. The second-order valence-electron chi connectivity index (χ2n) is 5.34. The van der Waals surface area contributed by atoms with Crippen LogP contribution in [0.4, 0.5) is 11.4 Å². The third-order valence-electron chi connectivity index (χ3n) is 3.55. The van der Waals surface area contributed by atoms with Gasteiger partial charge in [-0.2, -0.15) is 0 Å². The van der Waals surface area contributed by atoms with Crippen LogP contribution in [0.5, 0.6) is 5.75 Å². The van der Waals surface area contributed by atoms with Crippen molar-refractivity contribution in [3.05, 3.63) is 78.6 Å². The highest BCUT2D eigenvalue weighted by molar-refractivity contribution is 7.92. The van der Waals surface area contributed by atoms with Gasteiger partial charge >= 0.3 is 0 Å². The number of pyridine rings is 1. The molecule has 0 aliphatic heterocycles. The van der Waals surface area contributed by atoms with Crippen molar-refractivity contribution >= 4 is 27.6 Å². The molecule has 1 aromatic heterocycles. The summed E-state index contributed by atoms with van der Waals surface area (Å²) in [5.41, 5.74) is 1.88. The van der Waals surface area contributed by atoms with E-state index in [9.17, 15) is 8.42 Å². The van der Waals surface area contributed by atoms with E-state index in [1.54, 1.807) is 43.8 Å². The van der Waals surface area contributed by atoms with Gasteiger partial charge in [0.05, 0.1) is 29.6 Å². The quantitative estimate of drug-likeness (QED) is 0.675. The second kappa shape index (κ2) is 7.79. The molecule has 0 unspecified atom stereocenters. The van der Waals surface area contributed by atoms with E-state index >= 15 is 0 Å². The number of para-hydroxylation sites is 1. The van der Waals surface area contributed by atoms with E-state index in [1.807, 2.05) is 24.3 Å². The molecule has 1 N–H and O–H groups in total. The molecule has 3 aromatic rings. The monoisotopic (exact) mass is 367 g/mol. The summed E-state index contributed by atoms with van der Waals surface area (Å²) in [6, 6.07) is 17.1. The fourth-order valence-corrected chi connectivity index (χ4v) is 3.31.